The first-order valence-electron chi connectivity index (χ1n) is 10.5. The molecule has 0 radical (unpaired) electrons. The fraction of sp³-hybridized carbons (Fsp3) is 0.250. The third kappa shape index (κ3) is 3.60. The molecule has 1 aliphatic rings. The topological polar surface area (TPSA) is 50.6 Å². The van der Waals surface area contributed by atoms with Gasteiger partial charge in [0.05, 0.1) is 29.1 Å². The van der Waals surface area contributed by atoms with Crippen molar-refractivity contribution in [1.82, 2.24) is 14.7 Å². The van der Waals surface area contributed by atoms with Crippen LogP contribution >= 0.6 is 11.3 Å². The summed E-state index contributed by atoms with van der Waals surface area (Å²) in [6.45, 7) is 4.72. The second-order valence-electron chi connectivity index (χ2n) is 7.75. The molecular weight excluding hydrogens is 427 g/mol. The number of halogens is 1. The van der Waals surface area contributed by atoms with Crippen molar-refractivity contribution in [2.45, 2.75) is 6.92 Å². The van der Waals surface area contributed by atoms with E-state index in [1.807, 2.05) is 42.2 Å². The normalized spacial score (nSPS) is 14.2. The first-order chi connectivity index (χ1) is 15.5. The van der Waals surface area contributed by atoms with Gasteiger partial charge >= 0.3 is 0 Å². The van der Waals surface area contributed by atoms with E-state index in [4.69, 9.17) is 4.74 Å². The molecule has 8 heteroatoms. The number of methoxy groups -OCH3 is 1. The lowest BCUT2D eigenvalue weighted by molar-refractivity contribution is 0.0751. The summed E-state index contributed by atoms with van der Waals surface area (Å²) >= 11 is 1.43. The highest BCUT2D eigenvalue weighted by Gasteiger charge is 2.26. The Labute approximate surface area is 189 Å². The maximum atomic E-state index is 13.3. The van der Waals surface area contributed by atoms with Crippen LogP contribution in [0.25, 0.3) is 15.9 Å². The van der Waals surface area contributed by atoms with Gasteiger partial charge < -0.3 is 14.5 Å². The minimum Gasteiger partial charge on any atom is -0.495 e. The molecule has 1 aliphatic heterocycles. The molecule has 2 aromatic carbocycles. The Morgan fingerprint density at radius 1 is 1.06 bits per heavy atom. The van der Waals surface area contributed by atoms with Crippen LogP contribution in [0.1, 0.15) is 15.4 Å². The summed E-state index contributed by atoms with van der Waals surface area (Å²) in [7, 11) is 1.68. The zero-order chi connectivity index (χ0) is 22.2. The lowest BCUT2D eigenvalue weighted by Gasteiger charge is -2.36. The molecule has 32 heavy (non-hydrogen) atoms. The average Bonchev–Trinajstić information content (AvgIpc) is 3.40. The monoisotopic (exact) mass is 450 g/mol. The van der Waals surface area contributed by atoms with Crippen LogP contribution in [0.4, 0.5) is 10.1 Å². The van der Waals surface area contributed by atoms with E-state index in [-0.39, 0.29) is 11.7 Å². The Kier molecular flexibility index (Phi) is 5.30. The Morgan fingerprint density at radius 2 is 1.78 bits per heavy atom. The van der Waals surface area contributed by atoms with E-state index in [1.54, 1.807) is 23.9 Å². The van der Waals surface area contributed by atoms with Gasteiger partial charge in [0.15, 0.2) is 0 Å². The third-order valence-corrected chi connectivity index (χ3v) is 6.92. The largest absolute Gasteiger partial charge is 0.495 e. The molecule has 0 saturated carbocycles. The molecule has 4 aromatic rings. The maximum Gasteiger partial charge on any atom is 0.264 e. The Bertz CT molecular complexity index is 1270. The second kappa shape index (κ2) is 8.27. The molecule has 0 bridgehead atoms. The molecule has 0 aliphatic carbocycles. The van der Waals surface area contributed by atoms with Crippen LogP contribution in [0, 0.1) is 12.7 Å². The van der Waals surface area contributed by atoms with E-state index in [2.05, 4.69) is 10.00 Å². The number of aromatic nitrogens is 2. The number of hydrogen-bond donors (Lipinski definition) is 0. The number of fused-ring (bicyclic) bond motifs is 1. The highest BCUT2D eigenvalue weighted by molar-refractivity contribution is 7.20. The molecule has 5 rings (SSSR count). The molecule has 0 N–H and O–H groups in total. The number of hydrogen-bond acceptors (Lipinski definition) is 5. The molecule has 6 nitrogen and oxygen atoms in total. The predicted molar refractivity (Wildman–Crippen MR) is 125 cm³/mol. The molecule has 0 atom stereocenters. The highest BCUT2D eigenvalue weighted by atomic mass is 32.1. The highest BCUT2D eigenvalue weighted by Crippen LogP contribution is 2.32. The van der Waals surface area contributed by atoms with Crippen molar-refractivity contribution in [2.24, 2.45) is 0 Å². The Morgan fingerprint density at radius 3 is 2.50 bits per heavy atom. The minimum absolute atomic E-state index is 0.0379. The molecule has 0 spiro atoms. The lowest BCUT2D eigenvalue weighted by atomic mass is 10.2. The second-order valence-corrected chi connectivity index (χ2v) is 8.78. The zero-order valence-electron chi connectivity index (χ0n) is 17.9. The minimum atomic E-state index is -0.289. The standard InChI is InChI=1S/C24H23FN4O2S/c1-16-19-15-22(32-24(19)29(26-16)18-9-7-17(25)8-10-18)23(30)28-13-11-27(12-14-28)20-5-3-4-6-21(20)31-2/h3-10,15H,11-14H2,1-2H3. The van der Waals surface area contributed by atoms with Crippen molar-refractivity contribution >= 4 is 33.1 Å². The average molecular weight is 451 g/mol. The molecular formula is C24H23FN4O2S. The number of rotatable bonds is 4. The number of amides is 1. The summed E-state index contributed by atoms with van der Waals surface area (Å²) < 4.78 is 20.6. The fourth-order valence-corrected chi connectivity index (χ4v) is 5.26. The van der Waals surface area contributed by atoms with E-state index in [0.29, 0.717) is 18.0 Å². The number of ether oxygens (including phenoxy) is 1. The SMILES string of the molecule is COc1ccccc1N1CCN(C(=O)c2cc3c(C)nn(-c4ccc(F)cc4)c3s2)CC1. The summed E-state index contributed by atoms with van der Waals surface area (Å²) in [6.07, 6.45) is 0. The van der Waals surface area contributed by atoms with Gasteiger partial charge in [0.25, 0.3) is 5.91 Å². The van der Waals surface area contributed by atoms with Gasteiger partial charge in [0.1, 0.15) is 16.4 Å². The van der Waals surface area contributed by atoms with Gasteiger partial charge in [0, 0.05) is 31.6 Å². The number of anilines is 1. The van der Waals surface area contributed by atoms with E-state index >= 15 is 0 Å². The van der Waals surface area contributed by atoms with Gasteiger partial charge in [-0.3, -0.25) is 4.79 Å². The van der Waals surface area contributed by atoms with Gasteiger partial charge in [-0.05, 0) is 49.4 Å². The summed E-state index contributed by atoms with van der Waals surface area (Å²) in [5.74, 6) is 0.594. The molecule has 3 heterocycles. The van der Waals surface area contributed by atoms with Gasteiger partial charge in [-0.1, -0.05) is 12.1 Å². The first-order valence-corrected chi connectivity index (χ1v) is 11.3. The molecule has 164 valence electrons. The van der Waals surface area contributed by atoms with E-state index in [9.17, 15) is 9.18 Å². The van der Waals surface area contributed by atoms with Gasteiger partial charge in [0.2, 0.25) is 0 Å². The van der Waals surface area contributed by atoms with E-state index in [0.717, 1.165) is 46.1 Å². The van der Waals surface area contributed by atoms with Crippen molar-refractivity contribution in [3.8, 4) is 11.4 Å². The van der Waals surface area contributed by atoms with Crippen LogP contribution in [-0.4, -0.2) is 53.9 Å². The lowest BCUT2D eigenvalue weighted by Crippen LogP contribution is -2.48. The third-order valence-electron chi connectivity index (χ3n) is 5.82. The van der Waals surface area contributed by atoms with Crippen molar-refractivity contribution < 1.29 is 13.9 Å². The number of nitrogens with zero attached hydrogens (tertiary/aromatic N) is 4. The van der Waals surface area contributed by atoms with Crippen LogP contribution in [0.15, 0.2) is 54.6 Å². The van der Waals surface area contributed by atoms with Crippen LogP contribution in [0.2, 0.25) is 0 Å². The van der Waals surface area contributed by atoms with Crippen LogP contribution in [0.5, 0.6) is 5.75 Å². The van der Waals surface area contributed by atoms with Crippen molar-refractivity contribution in [3.63, 3.8) is 0 Å². The summed E-state index contributed by atoms with van der Waals surface area (Å²) in [4.78, 5) is 19.0. The zero-order valence-corrected chi connectivity index (χ0v) is 18.7. The maximum absolute atomic E-state index is 13.3. The van der Waals surface area contributed by atoms with Gasteiger partial charge in [-0.25, -0.2) is 9.07 Å². The fourth-order valence-electron chi connectivity index (χ4n) is 4.11. The van der Waals surface area contributed by atoms with Crippen molar-refractivity contribution in [1.29, 1.82) is 0 Å². The quantitative estimate of drug-likeness (QED) is 0.459. The van der Waals surface area contributed by atoms with Gasteiger partial charge in [-0.2, -0.15) is 5.10 Å². The first kappa shape index (κ1) is 20.5. The molecule has 1 amide bonds. The van der Waals surface area contributed by atoms with Crippen LogP contribution < -0.4 is 9.64 Å². The van der Waals surface area contributed by atoms with Gasteiger partial charge in [-0.15, -0.1) is 11.3 Å². The number of thiophene rings is 1. The van der Waals surface area contributed by atoms with E-state index < -0.39 is 0 Å². The number of piperazine rings is 1. The molecule has 2 aromatic heterocycles. The number of carbonyl (C=O) groups excluding carboxylic acids is 1. The van der Waals surface area contributed by atoms with E-state index in [1.165, 1.54) is 23.5 Å². The Balaban J connectivity index is 1.36. The molecule has 1 fully saturated rings. The van der Waals surface area contributed by atoms with Crippen molar-refractivity contribution in [3.05, 3.63) is 71.0 Å². The predicted octanol–water partition coefficient (Wildman–Crippen LogP) is 4.51. The summed E-state index contributed by atoms with van der Waals surface area (Å²) in [5.41, 5.74) is 2.68. The van der Waals surface area contributed by atoms with Crippen molar-refractivity contribution in [2.75, 3.05) is 38.2 Å². The smallest absolute Gasteiger partial charge is 0.264 e. The molecule has 0 unspecified atom stereocenters. The number of benzene rings is 2. The molecule has 1 saturated heterocycles. The Hall–Kier alpha value is -3.39. The number of aryl methyl sites for hydroxylation is 1. The number of para-hydroxylation sites is 2. The summed E-state index contributed by atoms with van der Waals surface area (Å²) in [6, 6.07) is 16.1. The van der Waals surface area contributed by atoms with Crippen LogP contribution in [-0.2, 0) is 0 Å². The number of carbonyl (C=O) groups is 1. The summed E-state index contributed by atoms with van der Waals surface area (Å²) in [5, 5.41) is 5.54. The van der Waals surface area contributed by atoms with Crippen LogP contribution in [0.3, 0.4) is 0 Å².